The molecule has 0 aliphatic rings. The molecule has 5 nitrogen and oxygen atoms in total. The molecular weight excluding hydrogens is 386 g/mol. The summed E-state index contributed by atoms with van der Waals surface area (Å²) in [7, 11) is 0. The first-order valence-corrected chi connectivity index (χ1v) is 9.90. The summed E-state index contributed by atoms with van der Waals surface area (Å²) < 4.78 is 0. The number of halogens is 1. The zero-order valence-corrected chi connectivity index (χ0v) is 16.7. The highest BCUT2D eigenvalue weighted by Gasteiger charge is 2.19. The van der Waals surface area contributed by atoms with Crippen molar-refractivity contribution >= 4 is 39.2 Å². The van der Waals surface area contributed by atoms with Crippen LogP contribution in [0, 0.1) is 0 Å². The van der Waals surface area contributed by atoms with Crippen LogP contribution in [0.2, 0.25) is 5.02 Å². The molecule has 146 valence electrons. The van der Waals surface area contributed by atoms with Crippen molar-refractivity contribution in [1.29, 1.82) is 0 Å². The maximum Gasteiger partial charge on any atom is 0.258 e. The number of amides is 1. The third kappa shape index (κ3) is 3.87. The van der Waals surface area contributed by atoms with Crippen molar-refractivity contribution in [2.24, 2.45) is 0 Å². The normalized spacial score (nSPS) is 11.1. The predicted octanol–water partition coefficient (Wildman–Crippen LogP) is 4.78. The van der Waals surface area contributed by atoms with Crippen LogP contribution in [0.4, 0.5) is 0 Å². The summed E-state index contributed by atoms with van der Waals surface area (Å²) >= 11 is 6.05. The van der Waals surface area contributed by atoms with E-state index in [0.717, 1.165) is 17.2 Å². The molecule has 0 unspecified atom stereocenters. The lowest BCUT2D eigenvalue weighted by Gasteiger charge is -2.22. The van der Waals surface area contributed by atoms with Gasteiger partial charge in [-0.25, -0.2) is 4.98 Å². The van der Waals surface area contributed by atoms with Gasteiger partial charge in [0.15, 0.2) is 0 Å². The monoisotopic (exact) mass is 405 g/mol. The summed E-state index contributed by atoms with van der Waals surface area (Å²) in [5, 5.41) is 2.91. The molecule has 0 spiro atoms. The van der Waals surface area contributed by atoms with Gasteiger partial charge in [-0.05, 0) is 41.5 Å². The van der Waals surface area contributed by atoms with Crippen molar-refractivity contribution in [2.75, 3.05) is 6.54 Å². The molecule has 4 aromatic rings. The van der Waals surface area contributed by atoms with Crippen LogP contribution in [0.15, 0.2) is 65.5 Å². The second kappa shape index (κ2) is 8.05. The largest absolute Gasteiger partial charge is 0.331 e. The van der Waals surface area contributed by atoms with E-state index < -0.39 is 0 Å². The molecule has 0 aliphatic carbocycles. The first-order valence-electron chi connectivity index (χ1n) is 9.52. The Hall–Kier alpha value is -3.18. The Bertz CT molecular complexity index is 1260. The van der Waals surface area contributed by atoms with Gasteiger partial charge in [-0.1, -0.05) is 54.9 Å². The molecule has 29 heavy (non-hydrogen) atoms. The molecule has 0 saturated carbocycles. The van der Waals surface area contributed by atoms with Crippen LogP contribution in [0.1, 0.15) is 29.5 Å². The molecule has 0 atom stereocenters. The number of benzene rings is 3. The van der Waals surface area contributed by atoms with Gasteiger partial charge in [0.1, 0.15) is 5.82 Å². The van der Waals surface area contributed by atoms with E-state index in [2.05, 4.69) is 9.97 Å². The van der Waals surface area contributed by atoms with Crippen molar-refractivity contribution in [3.05, 3.63) is 87.4 Å². The van der Waals surface area contributed by atoms with Crippen molar-refractivity contribution in [3.63, 3.8) is 0 Å². The van der Waals surface area contributed by atoms with E-state index in [1.54, 1.807) is 23.1 Å². The van der Waals surface area contributed by atoms with Gasteiger partial charge in [0.25, 0.3) is 11.5 Å². The van der Waals surface area contributed by atoms with E-state index in [9.17, 15) is 9.59 Å². The number of hydrogen-bond donors (Lipinski definition) is 1. The number of aromatic amines is 1. The van der Waals surface area contributed by atoms with E-state index in [1.807, 2.05) is 49.4 Å². The third-order valence-corrected chi connectivity index (χ3v) is 5.09. The quantitative estimate of drug-likeness (QED) is 0.519. The summed E-state index contributed by atoms with van der Waals surface area (Å²) in [5.41, 5.74) is 0.920. The maximum absolute atomic E-state index is 13.3. The Kier molecular flexibility index (Phi) is 5.32. The van der Waals surface area contributed by atoms with Crippen molar-refractivity contribution < 1.29 is 4.79 Å². The first kappa shape index (κ1) is 19.2. The summed E-state index contributed by atoms with van der Waals surface area (Å²) in [4.78, 5) is 34.8. The van der Waals surface area contributed by atoms with Gasteiger partial charge >= 0.3 is 0 Å². The number of rotatable bonds is 5. The second-order valence-corrected chi connectivity index (χ2v) is 7.36. The smallest absolute Gasteiger partial charge is 0.258 e. The zero-order valence-electron chi connectivity index (χ0n) is 16.0. The molecule has 3 aromatic carbocycles. The lowest BCUT2D eigenvalue weighted by atomic mass is 10.0. The van der Waals surface area contributed by atoms with E-state index >= 15 is 0 Å². The number of carbonyl (C=O) groups is 1. The van der Waals surface area contributed by atoms with E-state index in [-0.39, 0.29) is 18.0 Å². The highest BCUT2D eigenvalue weighted by molar-refractivity contribution is 6.31. The fourth-order valence-corrected chi connectivity index (χ4v) is 3.69. The van der Waals surface area contributed by atoms with Crippen molar-refractivity contribution in [1.82, 2.24) is 14.9 Å². The number of carbonyl (C=O) groups excluding carboxylic acids is 1. The molecule has 0 fully saturated rings. The van der Waals surface area contributed by atoms with Crippen LogP contribution in [-0.4, -0.2) is 27.3 Å². The molecule has 0 bridgehead atoms. The molecule has 4 rings (SSSR count). The SMILES string of the molecule is CCCN(Cc1nc2cc(Cl)ccc2c(=O)[nH]1)C(=O)c1cccc2ccccc12. The molecule has 0 radical (unpaired) electrons. The Balaban J connectivity index is 1.72. The molecule has 1 heterocycles. The maximum atomic E-state index is 13.3. The standard InChI is InChI=1S/C23H20ClN3O2/c1-2-12-27(23(29)18-9-5-7-15-6-3-4-8-17(15)18)14-21-25-20-13-16(24)10-11-19(20)22(28)26-21/h3-11,13H,2,12,14H2,1H3,(H,25,26,28). The first-order chi connectivity index (χ1) is 14.1. The lowest BCUT2D eigenvalue weighted by Crippen LogP contribution is -2.33. The summed E-state index contributed by atoms with van der Waals surface area (Å²) in [6.07, 6.45) is 0.792. The average molecular weight is 406 g/mol. The van der Waals surface area contributed by atoms with Crippen LogP contribution in [-0.2, 0) is 6.54 Å². The fraction of sp³-hybridized carbons (Fsp3) is 0.174. The summed E-state index contributed by atoms with van der Waals surface area (Å²) in [5.74, 6) is 0.351. The number of aromatic nitrogens is 2. The van der Waals surface area contributed by atoms with Gasteiger partial charge in [-0.3, -0.25) is 9.59 Å². The fourth-order valence-electron chi connectivity index (χ4n) is 3.52. The number of nitrogens with one attached hydrogen (secondary N) is 1. The molecule has 1 amide bonds. The van der Waals surface area contributed by atoms with E-state index in [4.69, 9.17) is 11.6 Å². The Labute approximate surface area is 173 Å². The van der Waals surface area contributed by atoms with Gasteiger partial charge < -0.3 is 9.88 Å². The minimum absolute atomic E-state index is 0.0857. The molecule has 1 aromatic heterocycles. The Morgan fingerprint density at radius 1 is 1.07 bits per heavy atom. The molecule has 6 heteroatoms. The van der Waals surface area contributed by atoms with Crippen LogP contribution in [0.5, 0.6) is 0 Å². The van der Waals surface area contributed by atoms with Crippen molar-refractivity contribution in [3.8, 4) is 0 Å². The van der Waals surface area contributed by atoms with Crippen LogP contribution < -0.4 is 5.56 Å². The van der Waals surface area contributed by atoms with Gasteiger partial charge in [0.2, 0.25) is 0 Å². The topological polar surface area (TPSA) is 66.1 Å². The van der Waals surface area contributed by atoms with Gasteiger partial charge in [-0.15, -0.1) is 0 Å². The van der Waals surface area contributed by atoms with Crippen molar-refractivity contribution in [2.45, 2.75) is 19.9 Å². The summed E-state index contributed by atoms with van der Waals surface area (Å²) in [6.45, 7) is 2.78. The number of nitrogens with zero attached hydrogens (tertiary/aromatic N) is 2. The molecular formula is C23H20ClN3O2. The molecule has 0 saturated heterocycles. The molecule has 1 N–H and O–H groups in total. The average Bonchev–Trinajstić information content (AvgIpc) is 2.72. The predicted molar refractivity (Wildman–Crippen MR) is 116 cm³/mol. The van der Waals surface area contributed by atoms with Crippen LogP contribution in [0.25, 0.3) is 21.7 Å². The highest BCUT2D eigenvalue weighted by atomic mass is 35.5. The van der Waals surface area contributed by atoms with Crippen LogP contribution in [0.3, 0.4) is 0 Å². The Morgan fingerprint density at radius 3 is 2.69 bits per heavy atom. The number of hydrogen-bond acceptors (Lipinski definition) is 3. The van der Waals surface area contributed by atoms with Crippen LogP contribution >= 0.6 is 11.6 Å². The van der Waals surface area contributed by atoms with E-state index in [0.29, 0.717) is 33.9 Å². The minimum atomic E-state index is -0.240. The molecule has 0 aliphatic heterocycles. The zero-order chi connectivity index (χ0) is 20.4. The number of H-pyrrole nitrogens is 1. The van der Waals surface area contributed by atoms with Gasteiger partial charge in [0.05, 0.1) is 17.4 Å². The van der Waals surface area contributed by atoms with Gasteiger partial charge in [0, 0.05) is 17.1 Å². The Morgan fingerprint density at radius 2 is 1.86 bits per heavy atom. The summed E-state index contributed by atoms with van der Waals surface area (Å²) in [6, 6.07) is 18.5. The third-order valence-electron chi connectivity index (χ3n) is 4.86. The second-order valence-electron chi connectivity index (χ2n) is 6.93. The minimum Gasteiger partial charge on any atom is -0.331 e. The lowest BCUT2D eigenvalue weighted by molar-refractivity contribution is 0.0741. The highest BCUT2D eigenvalue weighted by Crippen LogP contribution is 2.21. The number of fused-ring (bicyclic) bond motifs is 2. The van der Waals surface area contributed by atoms with Gasteiger partial charge in [-0.2, -0.15) is 0 Å². The van der Waals surface area contributed by atoms with E-state index in [1.165, 1.54) is 0 Å².